The van der Waals surface area contributed by atoms with E-state index in [-0.39, 0.29) is 11.9 Å². The van der Waals surface area contributed by atoms with Gasteiger partial charge in [0.1, 0.15) is 5.76 Å². The van der Waals surface area contributed by atoms with Crippen molar-refractivity contribution >= 4 is 5.91 Å². The summed E-state index contributed by atoms with van der Waals surface area (Å²) in [6.07, 6.45) is 3.46. The molecule has 3 heterocycles. The molecule has 2 aliphatic heterocycles. The molecule has 0 bridgehead atoms. The summed E-state index contributed by atoms with van der Waals surface area (Å²) in [4.78, 5) is 13.1. The molecule has 0 unspecified atom stereocenters. The number of aromatic nitrogens is 1. The molecular formula is C19H31N3O3. The largest absolute Gasteiger partial charge is 0.381 e. The minimum absolute atomic E-state index is 0.128. The topological polar surface area (TPSA) is 76.4 Å². The maximum Gasteiger partial charge on any atom is 0.228 e. The third-order valence-electron chi connectivity index (χ3n) is 5.75. The SMILES string of the molecule is CC(C)[C@H](C)NC(=O)[C@@]1(Cc2cc([C@H]3CCOC3)no2)CCCNC1. The van der Waals surface area contributed by atoms with Crippen LogP contribution in [0.15, 0.2) is 10.6 Å². The lowest BCUT2D eigenvalue weighted by atomic mass is 9.75. The van der Waals surface area contributed by atoms with Crippen LogP contribution in [0.25, 0.3) is 0 Å². The summed E-state index contributed by atoms with van der Waals surface area (Å²) < 4.78 is 11.0. The Morgan fingerprint density at radius 2 is 2.32 bits per heavy atom. The predicted octanol–water partition coefficient (Wildman–Crippen LogP) is 2.25. The molecule has 0 aliphatic carbocycles. The van der Waals surface area contributed by atoms with Gasteiger partial charge < -0.3 is 19.9 Å². The summed E-state index contributed by atoms with van der Waals surface area (Å²) in [6.45, 7) is 9.48. The average Bonchev–Trinajstić information content (AvgIpc) is 3.26. The fraction of sp³-hybridized carbons (Fsp3) is 0.789. The zero-order valence-electron chi connectivity index (χ0n) is 15.6. The number of piperidine rings is 1. The summed E-state index contributed by atoms with van der Waals surface area (Å²) in [5.74, 6) is 1.67. The minimum atomic E-state index is -0.454. The van der Waals surface area contributed by atoms with E-state index in [9.17, 15) is 4.79 Å². The Morgan fingerprint density at radius 1 is 1.48 bits per heavy atom. The van der Waals surface area contributed by atoms with Crippen LogP contribution in [0.4, 0.5) is 0 Å². The summed E-state index contributed by atoms with van der Waals surface area (Å²) >= 11 is 0. The van der Waals surface area contributed by atoms with Crippen LogP contribution < -0.4 is 10.6 Å². The van der Waals surface area contributed by atoms with Crippen LogP contribution in [-0.2, 0) is 16.0 Å². The summed E-state index contributed by atoms with van der Waals surface area (Å²) in [5.41, 5.74) is 0.507. The van der Waals surface area contributed by atoms with Gasteiger partial charge in [-0.1, -0.05) is 19.0 Å². The van der Waals surface area contributed by atoms with E-state index in [1.165, 1.54) is 0 Å². The molecule has 6 heteroatoms. The van der Waals surface area contributed by atoms with E-state index in [2.05, 4.69) is 36.6 Å². The van der Waals surface area contributed by atoms with Gasteiger partial charge in [0.25, 0.3) is 0 Å². The van der Waals surface area contributed by atoms with Crippen LogP contribution in [0.5, 0.6) is 0 Å². The molecule has 2 fully saturated rings. The lowest BCUT2D eigenvalue weighted by molar-refractivity contribution is -0.133. The minimum Gasteiger partial charge on any atom is -0.381 e. The lowest BCUT2D eigenvalue weighted by Crippen LogP contribution is -2.54. The van der Waals surface area contributed by atoms with Gasteiger partial charge in [-0.3, -0.25) is 4.79 Å². The first-order valence-electron chi connectivity index (χ1n) is 9.55. The number of carbonyl (C=O) groups is 1. The third-order valence-corrected chi connectivity index (χ3v) is 5.75. The standard InChI is InChI=1S/C19H31N3O3/c1-13(2)14(3)21-18(23)19(6-4-7-20-12-19)10-16-9-17(22-25-16)15-5-8-24-11-15/h9,13-15,20H,4-8,10-12H2,1-3H3,(H,21,23)/t14-,15-,19+/m0/s1. The van der Waals surface area contributed by atoms with Crippen LogP contribution in [0.3, 0.4) is 0 Å². The van der Waals surface area contributed by atoms with Gasteiger partial charge >= 0.3 is 0 Å². The van der Waals surface area contributed by atoms with E-state index in [0.717, 1.165) is 43.9 Å². The van der Waals surface area contributed by atoms with Gasteiger partial charge in [0.2, 0.25) is 5.91 Å². The highest BCUT2D eigenvalue weighted by atomic mass is 16.5. The van der Waals surface area contributed by atoms with Gasteiger partial charge in [-0.2, -0.15) is 0 Å². The Balaban J connectivity index is 1.73. The third kappa shape index (κ3) is 4.23. The molecule has 6 nitrogen and oxygen atoms in total. The molecule has 0 saturated carbocycles. The number of carbonyl (C=O) groups excluding carboxylic acids is 1. The van der Waals surface area contributed by atoms with Crippen LogP contribution in [-0.4, -0.2) is 43.4 Å². The van der Waals surface area contributed by atoms with Gasteiger partial charge in [0.15, 0.2) is 0 Å². The van der Waals surface area contributed by atoms with Crippen LogP contribution >= 0.6 is 0 Å². The quantitative estimate of drug-likeness (QED) is 0.824. The molecule has 2 aliphatic rings. The van der Waals surface area contributed by atoms with Crippen molar-refractivity contribution in [2.75, 3.05) is 26.3 Å². The summed E-state index contributed by atoms with van der Waals surface area (Å²) in [5, 5.41) is 10.8. The van der Waals surface area contributed by atoms with E-state index >= 15 is 0 Å². The molecule has 140 valence electrons. The first-order valence-corrected chi connectivity index (χ1v) is 9.55. The normalized spacial score (nSPS) is 28.2. The zero-order chi connectivity index (χ0) is 17.9. The molecule has 1 amide bonds. The van der Waals surface area contributed by atoms with Crippen molar-refractivity contribution in [3.05, 3.63) is 17.5 Å². The molecule has 1 aromatic rings. The van der Waals surface area contributed by atoms with Gasteiger partial charge in [0, 0.05) is 37.6 Å². The van der Waals surface area contributed by atoms with E-state index in [0.29, 0.717) is 31.4 Å². The summed E-state index contributed by atoms with van der Waals surface area (Å²) in [7, 11) is 0. The Morgan fingerprint density at radius 3 is 2.96 bits per heavy atom. The van der Waals surface area contributed by atoms with E-state index < -0.39 is 5.41 Å². The fourth-order valence-electron chi connectivity index (χ4n) is 3.63. The summed E-state index contributed by atoms with van der Waals surface area (Å²) in [6, 6.07) is 2.18. The van der Waals surface area contributed by atoms with Crippen molar-refractivity contribution in [2.45, 2.75) is 58.4 Å². The average molecular weight is 349 g/mol. The molecule has 3 atom stereocenters. The molecule has 0 radical (unpaired) electrons. The molecule has 1 aromatic heterocycles. The van der Waals surface area contributed by atoms with Crippen molar-refractivity contribution < 1.29 is 14.1 Å². The van der Waals surface area contributed by atoms with Crippen molar-refractivity contribution in [3.8, 4) is 0 Å². The number of nitrogens with one attached hydrogen (secondary N) is 2. The van der Waals surface area contributed by atoms with Gasteiger partial charge in [-0.25, -0.2) is 0 Å². The monoisotopic (exact) mass is 349 g/mol. The van der Waals surface area contributed by atoms with Gasteiger partial charge in [0.05, 0.1) is 17.7 Å². The highest BCUT2D eigenvalue weighted by Crippen LogP contribution is 2.33. The number of nitrogens with zero attached hydrogens (tertiary/aromatic N) is 1. The zero-order valence-corrected chi connectivity index (χ0v) is 15.6. The predicted molar refractivity (Wildman–Crippen MR) is 95.4 cm³/mol. The number of hydrogen-bond acceptors (Lipinski definition) is 5. The van der Waals surface area contributed by atoms with Crippen molar-refractivity contribution in [1.29, 1.82) is 0 Å². The Hall–Kier alpha value is -1.40. The molecule has 2 N–H and O–H groups in total. The van der Waals surface area contributed by atoms with E-state index in [1.54, 1.807) is 0 Å². The Bertz CT molecular complexity index is 572. The van der Waals surface area contributed by atoms with Crippen molar-refractivity contribution in [2.24, 2.45) is 11.3 Å². The Labute approximate surface area is 150 Å². The number of amides is 1. The van der Waals surface area contributed by atoms with Crippen molar-refractivity contribution in [1.82, 2.24) is 15.8 Å². The molecule has 2 saturated heterocycles. The van der Waals surface area contributed by atoms with Crippen molar-refractivity contribution in [3.63, 3.8) is 0 Å². The van der Waals surface area contributed by atoms with E-state index in [1.807, 2.05) is 6.07 Å². The first kappa shape index (κ1) is 18.4. The van der Waals surface area contributed by atoms with E-state index in [4.69, 9.17) is 9.26 Å². The molecule has 25 heavy (non-hydrogen) atoms. The number of ether oxygens (including phenoxy) is 1. The second-order valence-corrected chi connectivity index (χ2v) is 8.02. The Kier molecular flexibility index (Phi) is 5.79. The second kappa shape index (κ2) is 7.87. The molecular weight excluding hydrogens is 318 g/mol. The maximum absolute atomic E-state index is 13.1. The highest BCUT2D eigenvalue weighted by molar-refractivity contribution is 5.83. The molecule has 3 rings (SSSR count). The molecule has 0 spiro atoms. The molecule has 0 aromatic carbocycles. The van der Waals surface area contributed by atoms with Crippen LogP contribution in [0, 0.1) is 11.3 Å². The maximum atomic E-state index is 13.1. The number of hydrogen-bond donors (Lipinski definition) is 2. The van der Waals surface area contributed by atoms with Crippen LogP contribution in [0.2, 0.25) is 0 Å². The smallest absolute Gasteiger partial charge is 0.228 e. The van der Waals surface area contributed by atoms with Gasteiger partial charge in [-0.05, 0) is 38.6 Å². The number of rotatable bonds is 6. The second-order valence-electron chi connectivity index (χ2n) is 8.02. The van der Waals surface area contributed by atoms with Gasteiger partial charge in [-0.15, -0.1) is 0 Å². The highest BCUT2D eigenvalue weighted by Gasteiger charge is 2.41. The lowest BCUT2D eigenvalue weighted by Gasteiger charge is -2.37. The van der Waals surface area contributed by atoms with Crippen LogP contribution in [0.1, 0.15) is 57.4 Å². The fourth-order valence-corrected chi connectivity index (χ4v) is 3.63. The first-order chi connectivity index (χ1) is 12.0.